The minimum absolute atomic E-state index is 0.389. The number of nitrogens with zero attached hydrogens (tertiary/aromatic N) is 4. The Morgan fingerprint density at radius 1 is 1.33 bits per heavy atom. The molecule has 4 heterocycles. The predicted octanol–water partition coefficient (Wildman–Crippen LogP) is 2.25. The van der Waals surface area contributed by atoms with Gasteiger partial charge in [0.1, 0.15) is 10.6 Å². The highest BCUT2D eigenvalue weighted by Gasteiger charge is 2.35. The number of aryl methyl sites for hydroxylation is 1. The summed E-state index contributed by atoms with van der Waals surface area (Å²) in [6, 6.07) is 3.34. The molecule has 2 fully saturated rings. The third-order valence-corrected chi connectivity index (χ3v) is 5.67. The highest BCUT2D eigenvalue weighted by Crippen LogP contribution is 2.35. The molecule has 21 heavy (non-hydrogen) atoms. The van der Waals surface area contributed by atoms with Crippen LogP contribution in [0.2, 0.25) is 0 Å². The number of piperazine rings is 1. The van der Waals surface area contributed by atoms with Gasteiger partial charge in [-0.25, -0.2) is 4.98 Å². The van der Waals surface area contributed by atoms with Gasteiger partial charge in [0.15, 0.2) is 0 Å². The van der Waals surface area contributed by atoms with E-state index < -0.39 is 0 Å². The van der Waals surface area contributed by atoms with Crippen molar-refractivity contribution in [2.75, 3.05) is 30.3 Å². The van der Waals surface area contributed by atoms with E-state index in [1.54, 1.807) is 11.3 Å². The molecule has 5 nitrogen and oxygen atoms in total. The summed E-state index contributed by atoms with van der Waals surface area (Å²) in [5, 5.41) is 1.16. The summed E-state index contributed by atoms with van der Waals surface area (Å²) in [6.07, 6.45) is 2.62. The Kier molecular flexibility index (Phi) is 3.04. The zero-order valence-corrected chi connectivity index (χ0v) is 13.4. The van der Waals surface area contributed by atoms with Crippen LogP contribution in [-0.4, -0.2) is 46.6 Å². The molecule has 2 aliphatic heterocycles. The van der Waals surface area contributed by atoms with Crippen molar-refractivity contribution >= 4 is 33.3 Å². The third-order valence-electron chi connectivity index (χ3n) is 4.72. The van der Waals surface area contributed by atoms with Crippen molar-refractivity contribution in [2.24, 2.45) is 0 Å². The van der Waals surface area contributed by atoms with E-state index in [1.807, 2.05) is 0 Å². The van der Waals surface area contributed by atoms with E-state index in [0.29, 0.717) is 18.0 Å². The normalized spacial score (nSPS) is 26.5. The number of fused-ring (bicyclic) bond motifs is 2. The maximum Gasteiger partial charge on any atom is 0.223 e. The van der Waals surface area contributed by atoms with E-state index in [0.717, 1.165) is 29.1 Å². The molecule has 0 aliphatic carbocycles. The van der Waals surface area contributed by atoms with Crippen molar-refractivity contribution in [2.45, 2.75) is 38.8 Å². The molecule has 112 valence electrons. The summed E-state index contributed by atoms with van der Waals surface area (Å²) in [6.45, 7) is 7.84. The SMILES string of the molecule is Cc1cc2c(N3CC4CCCN4CC3C)nc(N)nc2s1. The van der Waals surface area contributed by atoms with E-state index in [9.17, 15) is 0 Å². The molecule has 2 N–H and O–H groups in total. The molecular weight excluding hydrogens is 282 g/mol. The van der Waals surface area contributed by atoms with E-state index in [-0.39, 0.29) is 0 Å². The second-order valence-corrected chi connectivity index (χ2v) is 7.51. The molecule has 2 aromatic heterocycles. The lowest BCUT2D eigenvalue weighted by molar-refractivity contribution is 0.202. The fourth-order valence-corrected chi connectivity index (χ4v) is 4.63. The first-order valence-electron chi connectivity index (χ1n) is 7.66. The fraction of sp³-hybridized carbons (Fsp3) is 0.600. The molecule has 0 spiro atoms. The van der Waals surface area contributed by atoms with Crippen molar-refractivity contribution in [1.29, 1.82) is 0 Å². The van der Waals surface area contributed by atoms with Gasteiger partial charge in [0.05, 0.1) is 5.39 Å². The monoisotopic (exact) mass is 303 g/mol. The molecule has 4 rings (SSSR count). The van der Waals surface area contributed by atoms with Gasteiger partial charge in [-0.15, -0.1) is 11.3 Å². The third kappa shape index (κ3) is 2.17. The van der Waals surface area contributed by atoms with Crippen LogP contribution in [0.5, 0.6) is 0 Å². The van der Waals surface area contributed by atoms with Crippen LogP contribution in [-0.2, 0) is 0 Å². The van der Waals surface area contributed by atoms with Gasteiger partial charge in [-0.1, -0.05) is 0 Å². The van der Waals surface area contributed by atoms with Gasteiger partial charge in [0.25, 0.3) is 0 Å². The van der Waals surface area contributed by atoms with Crippen LogP contribution in [0, 0.1) is 6.92 Å². The number of anilines is 2. The summed E-state index contributed by atoms with van der Waals surface area (Å²) in [4.78, 5) is 16.3. The van der Waals surface area contributed by atoms with Crippen molar-refractivity contribution in [1.82, 2.24) is 14.9 Å². The molecule has 2 aliphatic rings. The van der Waals surface area contributed by atoms with Gasteiger partial charge in [-0.2, -0.15) is 4.98 Å². The Morgan fingerprint density at radius 2 is 2.19 bits per heavy atom. The first-order valence-corrected chi connectivity index (χ1v) is 8.48. The minimum atomic E-state index is 0.389. The largest absolute Gasteiger partial charge is 0.368 e. The summed E-state index contributed by atoms with van der Waals surface area (Å²) in [5.41, 5.74) is 5.94. The Balaban J connectivity index is 1.78. The van der Waals surface area contributed by atoms with Gasteiger partial charge in [-0.05, 0) is 39.3 Å². The van der Waals surface area contributed by atoms with Crippen LogP contribution >= 0.6 is 11.3 Å². The number of thiophene rings is 1. The van der Waals surface area contributed by atoms with Crippen molar-refractivity contribution < 1.29 is 0 Å². The van der Waals surface area contributed by atoms with Crippen LogP contribution in [0.3, 0.4) is 0 Å². The Bertz CT molecular complexity index is 682. The van der Waals surface area contributed by atoms with Gasteiger partial charge in [-0.3, -0.25) is 4.90 Å². The smallest absolute Gasteiger partial charge is 0.223 e. The lowest BCUT2D eigenvalue weighted by atomic mass is 10.1. The number of hydrogen-bond donors (Lipinski definition) is 1. The average molecular weight is 303 g/mol. The average Bonchev–Trinajstić information content (AvgIpc) is 3.01. The molecule has 0 amide bonds. The summed E-state index contributed by atoms with van der Waals surface area (Å²) in [5.74, 6) is 1.42. The molecular formula is C15H21N5S. The van der Waals surface area contributed by atoms with Crippen LogP contribution in [0.4, 0.5) is 11.8 Å². The number of nitrogens with two attached hydrogens (primary N) is 1. The number of hydrogen-bond acceptors (Lipinski definition) is 6. The van der Waals surface area contributed by atoms with Gasteiger partial charge >= 0.3 is 0 Å². The van der Waals surface area contributed by atoms with Crippen molar-refractivity contribution in [3.8, 4) is 0 Å². The number of rotatable bonds is 1. The van der Waals surface area contributed by atoms with Crippen LogP contribution < -0.4 is 10.6 Å². The lowest BCUT2D eigenvalue weighted by Crippen LogP contribution is -2.55. The first kappa shape index (κ1) is 13.3. The standard InChI is InChI=1S/C15H21N5S/c1-9-7-19-5-3-4-11(19)8-20(9)13-12-6-10(2)21-14(12)18-15(16)17-13/h6,9,11H,3-5,7-8H2,1-2H3,(H2,16,17,18). The van der Waals surface area contributed by atoms with Crippen LogP contribution in [0.15, 0.2) is 6.07 Å². The van der Waals surface area contributed by atoms with Gasteiger partial charge in [0, 0.05) is 30.1 Å². The zero-order chi connectivity index (χ0) is 14.6. The summed E-state index contributed by atoms with van der Waals surface area (Å²) < 4.78 is 0. The topological polar surface area (TPSA) is 58.3 Å². The fourth-order valence-electron chi connectivity index (χ4n) is 3.74. The molecule has 2 unspecified atom stereocenters. The molecule has 2 atom stereocenters. The quantitative estimate of drug-likeness (QED) is 0.875. The van der Waals surface area contributed by atoms with Gasteiger partial charge < -0.3 is 10.6 Å². The Hall–Kier alpha value is -1.40. The highest BCUT2D eigenvalue weighted by atomic mass is 32.1. The van der Waals surface area contributed by atoms with Crippen LogP contribution in [0.1, 0.15) is 24.6 Å². The molecule has 6 heteroatoms. The second kappa shape index (κ2) is 4.81. The van der Waals surface area contributed by atoms with E-state index in [1.165, 1.54) is 24.3 Å². The minimum Gasteiger partial charge on any atom is -0.368 e. The lowest BCUT2D eigenvalue weighted by Gasteiger charge is -2.43. The number of nitrogen functional groups attached to an aromatic ring is 1. The van der Waals surface area contributed by atoms with Crippen molar-refractivity contribution in [3.05, 3.63) is 10.9 Å². The van der Waals surface area contributed by atoms with E-state index in [4.69, 9.17) is 5.73 Å². The molecule has 0 aromatic carbocycles. The summed E-state index contributed by atoms with van der Waals surface area (Å²) in [7, 11) is 0. The van der Waals surface area contributed by atoms with Crippen LogP contribution in [0.25, 0.3) is 10.2 Å². The zero-order valence-electron chi connectivity index (χ0n) is 12.5. The highest BCUT2D eigenvalue weighted by molar-refractivity contribution is 7.18. The van der Waals surface area contributed by atoms with Crippen molar-refractivity contribution in [3.63, 3.8) is 0 Å². The molecule has 0 saturated carbocycles. The molecule has 2 aromatic rings. The maximum absolute atomic E-state index is 5.94. The molecule has 0 radical (unpaired) electrons. The van der Waals surface area contributed by atoms with E-state index in [2.05, 4.69) is 39.7 Å². The van der Waals surface area contributed by atoms with E-state index >= 15 is 0 Å². The summed E-state index contributed by atoms with van der Waals surface area (Å²) >= 11 is 1.70. The second-order valence-electron chi connectivity index (χ2n) is 6.27. The van der Waals surface area contributed by atoms with Gasteiger partial charge in [0.2, 0.25) is 5.95 Å². The first-order chi connectivity index (χ1) is 10.1. The molecule has 0 bridgehead atoms. The Morgan fingerprint density at radius 3 is 3.05 bits per heavy atom. The number of aromatic nitrogens is 2. The predicted molar refractivity (Wildman–Crippen MR) is 88.0 cm³/mol. The maximum atomic E-state index is 5.94. The molecule has 2 saturated heterocycles. The Labute approximate surface area is 128 Å².